The van der Waals surface area contributed by atoms with Gasteiger partial charge in [0.05, 0.1) is 19.1 Å². The maximum absolute atomic E-state index is 12.9. The number of carbonyl (C=O) groups is 2. The summed E-state index contributed by atoms with van der Waals surface area (Å²) in [5.41, 5.74) is 2.27. The highest BCUT2D eigenvalue weighted by atomic mass is 19.1. The van der Waals surface area contributed by atoms with Crippen molar-refractivity contribution >= 4 is 17.6 Å². The molecule has 7 heteroatoms. The van der Waals surface area contributed by atoms with Crippen LogP contribution in [0.5, 0.6) is 0 Å². The highest BCUT2D eigenvalue weighted by molar-refractivity contribution is 5.89. The number of rotatable bonds is 6. The van der Waals surface area contributed by atoms with Gasteiger partial charge < -0.3 is 20.6 Å². The van der Waals surface area contributed by atoms with Crippen LogP contribution < -0.4 is 10.6 Å². The number of hydrogen-bond acceptors (Lipinski definition) is 3. The minimum absolute atomic E-state index is 0.00162. The molecule has 0 aliphatic carbocycles. The van der Waals surface area contributed by atoms with E-state index in [1.165, 1.54) is 12.1 Å². The average Bonchev–Trinajstić information content (AvgIpc) is 3.18. The molecule has 0 radical (unpaired) electrons. The van der Waals surface area contributed by atoms with Crippen molar-refractivity contribution in [3.8, 4) is 0 Å². The number of likely N-dealkylation sites (tertiary alicyclic amines) is 1. The molecule has 1 aliphatic heterocycles. The molecule has 0 spiro atoms. The SMILES string of the molecule is O=C(NCc1ccc(F)cc1)Nc1ccc(CC(=O)N2CCC[C@H]2CO)cc1. The van der Waals surface area contributed by atoms with Gasteiger partial charge in [0, 0.05) is 18.8 Å². The van der Waals surface area contributed by atoms with E-state index in [2.05, 4.69) is 10.6 Å². The number of hydrogen-bond donors (Lipinski definition) is 3. The fourth-order valence-electron chi connectivity index (χ4n) is 3.30. The minimum atomic E-state index is -0.365. The number of nitrogens with one attached hydrogen (secondary N) is 2. The Morgan fingerprint density at radius 2 is 1.75 bits per heavy atom. The van der Waals surface area contributed by atoms with Gasteiger partial charge in [-0.1, -0.05) is 24.3 Å². The molecule has 1 saturated heterocycles. The first kappa shape index (κ1) is 19.8. The van der Waals surface area contributed by atoms with Gasteiger partial charge in [-0.3, -0.25) is 4.79 Å². The fourth-order valence-corrected chi connectivity index (χ4v) is 3.30. The second-order valence-corrected chi connectivity index (χ2v) is 6.87. The molecule has 3 rings (SSSR count). The van der Waals surface area contributed by atoms with Crippen LogP contribution in [0.1, 0.15) is 24.0 Å². The third-order valence-electron chi connectivity index (χ3n) is 4.84. The van der Waals surface area contributed by atoms with E-state index in [-0.39, 0.29) is 36.8 Å². The fraction of sp³-hybridized carbons (Fsp3) is 0.333. The van der Waals surface area contributed by atoms with Gasteiger partial charge in [-0.05, 0) is 48.2 Å². The van der Waals surface area contributed by atoms with Crippen LogP contribution in [0.25, 0.3) is 0 Å². The van der Waals surface area contributed by atoms with Gasteiger partial charge >= 0.3 is 6.03 Å². The molecule has 1 heterocycles. The molecule has 1 atom stereocenters. The third kappa shape index (κ3) is 5.29. The Morgan fingerprint density at radius 1 is 1.07 bits per heavy atom. The highest BCUT2D eigenvalue weighted by Crippen LogP contribution is 2.19. The van der Waals surface area contributed by atoms with Gasteiger partial charge in [0.2, 0.25) is 5.91 Å². The molecule has 0 saturated carbocycles. The van der Waals surface area contributed by atoms with Crippen molar-refractivity contribution in [2.45, 2.75) is 31.8 Å². The zero-order chi connectivity index (χ0) is 19.9. The second kappa shape index (κ2) is 9.32. The summed E-state index contributed by atoms with van der Waals surface area (Å²) in [5, 5.41) is 14.8. The summed E-state index contributed by atoms with van der Waals surface area (Å²) in [6.07, 6.45) is 2.04. The standard InChI is InChI=1S/C21H24FN3O3/c22-17-7-3-16(4-8-17)13-23-21(28)24-18-9-5-15(6-10-18)12-20(27)25-11-1-2-19(25)14-26/h3-10,19,26H,1-2,11-14H2,(H2,23,24,28)/t19-/m0/s1. The van der Waals surface area contributed by atoms with E-state index in [0.29, 0.717) is 18.8 Å². The number of carbonyl (C=O) groups excluding carboxylic acids is 2. The number of nitrogens with zero attached hydrogens (tertiary/aromatic N) is 1. The molecule has 3 N–H and O–H groups in total. The Balaban J connectivity index is 1.47. The number of benzene rings is 2. The van der Waals surface area contributed by atoms with Gasteiger partial charge in [0.25, 0.3) is 0 Å². The first-order chi connectivity index (χ1) is 13.5. The summed E-state index contributed by atoms with van der Waals surface area (Å²) in [4.78, 5) is 26.1. The molecule has 0 bridgehead atoms. The first-order valence-electron chi connectivity index (χ1n) is 9.33. The third-order valence-corrected chi connectivity index (χ3v) is 4.84. The van der Waals surface area contributed by atoms with Crippen molar-refractivity contribution < 1.29 is 19.1 Å². The summed E-state index contributed by atoms with van der Waals surface area (Å²) in [7, 11) is 0. The van der Waals surface area contributed by atoms with Crippen LogP contribution in [0, 0.1) is 5.82 Å². The van der Waals surface area contributed by atoms with Crippen molar-refractivity contribution in [2.24, 2.45) is 0 Å². The van der Waals surface area contributed by atoms with Crippen molar-refractivity contribution in [2.75, 3.05) is 18.5 Å². The Bertz CT molecular complexity index is 809. The lowest BCUT2D eigenvalue weighted by atomic mass is 10.1. The number of urea groups is 1. The Kier molecular flexibility index (Phi) is 6.60. The lowest BCUT2D eigenvalue weighted by Crippen LogP contribution is -2.38. The van der Waals surface area contributed by atoms with Crippen LogP contribution in [-0.4, -0.2) is 41.1 Å². The van der Waals surface area contributed by atoms with Crippen LogP contribution in [0.15, 0.2) is 48.5 Å². The van der Waals surface area contributed by atoms with Crippen molar-refractivity contribution in [1.82, 2.24) is 10.2 Å². The van der Waals surface area contributed by atoms with Gasteiger partial charge in [-0.15, -0.1) is 0 Å². The van der Waals surface area contributed by atoms with E-state index in [4.69, 9.17) is 0 Å². The molecule has 0 aromatic heterocycles. The van der Waals surface area contributed by atoms with E-state index in [9.17, 15) is 19.1 Å². The highest BCUT2D eigenvalue weighted by Gasteiger charge is 2.27. The molecular weight excluding hydrogens is 361 g/mol. The first-order valence-corrected chi connectivity index (χ1v) is 9.33. The van der Waals surface area contributed by atoms with Crippen LogP contribution in [0.2, 0.25) is 0 Å². The Labute approximate surface area is 163 Å². The monoisotopic (exact) mass is 385 g/mol. The molecule has 0 unspecified atom stereocenters. The zero-order valence-corrected chi connectivity index (χ0v) is 15.5. The van der Waals surface area contributed by atoms with Crippen molar-refractivity contribution in [1.29, 1.82) is 0 Å². The van der Waals surface area contributed by atoms with Crippen LogP contribution in [0.3, 0.4) is 0 Å². The van der Waals surface area contributed by atoms with E-state index in [1.54, 1.807) is 41.3 Å². The molecular formula is C21H24FN3O3. The predicted molar refractivity (Wildman–Crippen MR) is 104 cm³/mol. The normalized spacial score (nSPS) is 16.1. The van der Waals surface area contributed by atoms with E-state index in [0.717, 1.165) is 24.0 Å². The predicted octanol–water partition coefficient (Wildman–Crippen LogP) is 2.67. The molecule has 3 amide bonds. The molecule has 28 heavy (non-hydrogen) atoms. The van der Waals surface area contributed by atoms with Crippen LogP contribution >= 0.6 is 0 Å². The molecule has 148 valence electrons. The largest absolute Gasteiger partial charge is 0.394 e. The molecule has 2 aromatic carbocycles. The number of aliphatic hydroxyl groups is 1. The van der Waals surface area contributed by atoms with Gasteiger partial charge in [-0.2, -0.15) is 0 Å². The van der Waals surface area contributed by atoms with E-state index in [1.807, 2.05) is 0 Å². The summed E-state index contributed by atoms with van der Waals surface area (Å²) in [6.45, 7) is 0.986. The maximum atomic E-state index is 12.9. The Hall–Kier alpha value is -2.93. The number of anilines is 1. The molecule has 2 aromatic rings. The summed E-state index contributed by atoms with van der Waals surface area (Å²) in [6, 6.07) is 12.6. The summed E-state index contributed by atoms with van der Waals surface area (Å²) in [5.74, 6) is -0.308. The molecule has 6 nitrogen and oxygen atoms in total. The molecule has 1 aliphatic rings. The number of halogens is 1. The molecule has 1 fully saturated rings. The van der Waals surface area contributed by atoms with Gasteiger partial charge in [0.1, 0.15) is 5.82 Å². The van der Waals surface area contributed by atoms with E-state index >= 15 is 0 Å². The average molecular weight is 385 g/mol. The second-order valence-electron chi connectivity index (χ2n) is 6.87. The van der Waals surface area contributed by atoms with Crippen molar-refractivity contribution in [3.05, 3.63) is 65.5 Å². The topological polar surface area (TPSA) is 81.7 Å². The van der Waals surface area contributed by atoms with Crippen molar-refractivity contribution in [3.63, 3.8) is 0 Å². The number of aliphatic hydroxyl groups excluding tert-OH is 1. The quantitative estimate of drug-likeness (QED) is 0.715. The maximum Gasteiger partial charge on any atom is 0.319 e. The lowest BCUT2D eigenvalue weighted by Gasteiger charge is -2.23. The minimum Gasteiger partial charge on any atom is -0.394 e. The summed E-state index contributed by atoms with van der Waals surface area (Å²) < 4.78 is 12.9. The smallest absolute Gasteiger partial charge is 0.319 e. The zero-order valence-electron chi connectivity index (χ0n) is 15.5. The summed E-state index contributed by atoms with van der Waals surface area (Å²) >= 11 is 0. The Morgan fingerprint density at radius 3 is 2.43 bits per heavy atom. The van der Waals surface area contributed by atoms with Crippen LogP contribution in [0.4, 0.5) is 14.9 Å². The van der Waals surface area contributed by atoms with E-state index < -0.39 is 0 Å². The van der Waals surface area contributed by atoms with Crippen LogP contribution in [-0.2, 0) is 17.8 Å². The number of amides is 3. The lowest BCUT2D eigenvalue weighted by molar-refractivity contribution is -0.131. The van der Waals surface area contributed by atoms with Gasteiger partial charge in [-0.25, -0.2) is 9.18 Å². The van der Waals surface area contributed by atoms with Gasteiger partial charge in [0.15, 0.2) is 0 Å².